The molecule has 3 heteroatoms. The van der Waals surface area contributed by atoms with Crippen LogP contribution in [0, 0.1) is 6.92 Å². The Kier molecular flexibility index (Phi) is 11.5. The minimum Gasteiger partial charge on any atom is -0.310 e. The summed E-state index contributed by atoms with van der Waals surface area (Å²) in [5.41, 5.74) is 21.8. The minimum atomic E-state index is 1.01. The van der Waals surface area contributed by atoms with Crippen LogP contribution in [0.5, 0.6) is 0 Å². The Hall–Kier alpha value is -8.24. The lowest BCUT2D eigenvalue weighted by atomic mass is 9.91. The number of aryl methyl sites for hydroxylation is 2. The number of hydrogen-bond donors (Lipinski definition) is 0. The molecule has 1 aliphatic rings. The van der Waals surface area contributed by atoms with Gasteiger partial charge in [0.15, 0.2) is 0 Å². The molecule has 0 saturated heterocycles. The molecule has 0 bridgehead atoms. The average Bonchev–Trinajstić information content (AvgIpc) is 3.99. The van der Waals surface area contributed by atoms with Crippen LogP contribution in [0.4, 0.5) is 17.1 Å². The van der Waals surface area contributed by atoms with E-state index >= 15 is 0 Å². The predicted octanol–water partition coefficient (Wildman–Crippen LogP) is 19.3. The quantitative estimate of drug-likeness (QED) is 0.126. The van der Waals surface area contributed by atoms with Crippen LogP contribution < -0.4 is 4.90 Å². The van der Waals surface area contributed by atoms with E-state index in [1.165, 1.54) is 98.3 Å². The van der Waals surface area contributed by atoms with Crippen LogP contribution in [0.2, 0.25) is 0 Å². The number of anilines is 3. The Bertz CT molecular complexity index is 3720. The van der Waals surface area contributed by atoms with E-state index < -0.39 is 0 Å². The topological polar surface area (TPSA) is 8.17 Å². The molecule has 0 aliphatic heterocycles. The van der Waals surface area contributed by atoms with Gasteiger partial charge in [-0.1, -0.05) is 183 Å². The average molecular weight is 917 g/mol. The number of hydrogen-bond acceptors (Lipinski definition) is 2. The molecule has 12 rings (SSSR count). The summed E-state index contributed by atoms with van der Waals surface area (Å²) in [6.07, 6.45) is 10.1. The lowest BCUT2D eigenvalue weighted by Gasteiger charge is -2.27. The molecule has 2 nitrogen and oxygen atoms in total. The number of benzene rings is 9. The minimum absolute atomic E-state index is 1.01. The second-order valence-corrected chi connectivity index (χ2v) is 19.3. The lowest BCUT2D eigenvalue weighted by Crippen LogP contribution is -2.10. The molecule has 336 valence electrons. The van der Waals surface area contributed by atoms with Gasteiger partial charge in [-0.3, -0.25) is 0 Å². The van der Waals surface area contributed by atoms with Crippen LogP contribution in [0.15, 0.2) is 243 Å². The number of allylic oxidation sites excluding steroid dienone is 4. The summed E-state index contributed by atoms with van der Waals surface area (Å²) in [4.78, 5) is 4.91. The third kappa shape index (κ3) is 7.98. The van der Waals surface area contributed by atoms with Crippen molar-refractivity contribution < 1.29 is 0 Å². The molecule has 2 heterocycles. The van der Waals surface area contributed by atoms with Gasteiger partial charge in [0, 0.05) is 54.4 Å². The molecule has 70 heavy (non-hydrogen) atoms. The van der Waals surface area contributed by atoms with E-state index in [0.717, 1.165) is 42.0 Å². The van der Waals surface area contributed by atoms with Crippen LogP contribution in [-0.4, -0.2) is 4.57 Å². The maximum absolute atomic E-state index is 2.42. The van der Waals surface area contributed by atoms with E-state index in [9.17, 15) is 0 Å². The number of thiophene rings is 1. The molecule has 0 N–H and O–H groups in total. The van der Waals surface area contributed by atoms with Crippen molar-refractivity contribution in [1.29, 1.82) is 0 Å². The smallest absolute Gasteiger partial charge is 0.0541 e. The molecule has 0 unspecified atom stereocenters. The van der Waals surface area contributed by atoms with E-state index in [4.69, 9.17) is 0 Å². The summed E-state index contributed by atoms with van der Waals surface area (Å²) in [6.45, 7) is 4.46. The SMILES string of the molecule is CCc1ccc2c(c1)c1ccccc1n2-c1ccc(-c2sc(-c3ccc(N(c4cccc(C5=CCCC=C5)c4)c4ccc(-c5ccccc5)c(C)c4)cc3)c(-c3ccccc3)c2-c2ccccc2)cc1. The van der Waals surface area contributed by atoms with Crippen molar-refractivity contribution in [2.24, 2.45) is 0 Å². The van der Waals surface area contributed by atoms with Crippen molar-refractivity contribution in [3.05, 3.63) is 259 Å². The highest BCUT2D eigenvalue weighted by Gasteiger charge is 2.24. The van der Waals surface area contributed by atoms with Crippen molar-refractivity contribution in [2.45, 2.75) is 33.1 Å². The zero-order valence-electron chi connectivity index (χ0n) is 39.5. The molecule has 0 radical (unpaired) electrons. The molecule has 0 fully saturated rings. The highest BCUT2D eigenvalue weighted by Crippen LogP contribution is 2.53. The Morgan fingerprint density at radius 1 is 0.457 bits per heavy atom. The molecule has 0 amide bonds. The highest BCUT2D eigenvalue weighted by atomic mass is 32.1. The van der Waals surface area contributed by atoms with Crippen LogP contribution in [-0.2, 0) is 6.42 Å². The summed E-state index contributed by atoms with van der Waals surface area (Å²) >= 11 is 1.89. The fourth-order valence-corrected chi connectivity index (χ4v) is 11.8. The first-order valence-electron chi connectivity index (χ1n) is 24.5. The van der Waals surface area contributed by atoms with Gasteiger partial charge in [-0.15, -0.1) is 11.3 Å². The Labute approximate surface area is 415 Å². The second-order valence-electron chi connectivity index (χ2n) is 18.3. The van der Waals surface area contributed by atoms with Gasteiger partial charge in [0.1, 0.15) is 0 Å². The summed E-state index contributed by atoms with van der Waals surface area (Å²) in [5, 5.41) is 2.58. The van der Waals surface area contributed by atoms with Crippen LogP contribution in [0.3, 0.4) is 0 Å². The molecular weight excluding hydrogens is 865 g/mol. The van der Waals surface area contributed by atoms with Crippen molar-refractivity contribution in [2.75, 3.05) is 4.90 Å². The van der Waals surface area contributed by atoms with Crippen LogP contribution in [0.1, 0.15) is 36.5 Å². The lowest BCUT2D eigenvalue weighted by molar-refractivity contribution is 1.04. The van der Waals surface area contributed by atoms with Gasteiger partial charge in [-0.2, -0.15) is 0 Å². The first kappa shape index (κ1) is 43.1. The van der Waals surface area contributed by atoms with Gasteiger partial charge in [0.2, 0.25) is 0 Å². The maximum atomic E-state index is 2.42. The van der Waals surface area contributed by atoms with Gasteiger partial charge >= 0.3 is 0 Å². The molecular formula is C67H52N2S. The largest absolute Gasteiger partial charge is 0.310 e. The normalized spacial score (nSPS) is 12.4. The van der Waals surface area contributed by atoms with E-state index in [0.29, 0.717) is 0 Å². The Balaban J connectivity index is 0.993. The molecule has 11 aromatic rings. The Morgan fingerprint density at radius 3 is 1.69 bits per heavy atom. The van der Waals surface area contributed by atoms with Crippen molar-refractivity contribution in [1.82, 2.24) is 4.57 Å². The fraction of sp³-hybridized carbons (Fsp3) is 0.0746. The number of fused-ring (bicyclic) bond motifs is 3. The zero-order valence-corrected chi connectivity index (χ0v) is 40.3. The van der Waals surface area contributed by atoms with E-state index in [1.54, 1.807) is 0 Å². The van der Waals surface area contributed by atoms with Gasteiger partial charge in [-0.05, 0) is 149 Å². The first-order valence-corrected chi connectivity index (χ1v) is 25.4. The monoisotopic (exact) mass is 916 g/mol. The van der Waals surface area contributed by atoms with Crippen molar-refractivity contribution in [3.8, 4) is 59.9 Å². The third-order valence-corrected chi connectivity index (χ3v) is 15.2. The number of nitrogens with zero attached hydrogens (tertiary/aromatic N) is 2. The third-order valence-electron chi connectivity index (χ3n) is 13.9. The van der Waals surface area contributed by atoms with E-state index in [1.807, 2.05) is 11.3 Å². The summed E-state index contributed by atoms with van der Waals surface area (Å²) in [7, 11) is 0. The summed E-state index contributed by atoms with van der Waals surface area (Å²) in [6, 6.07) is 82.8. The standard InChI is InChI=1S/C67H52N2S/c1-3-47-31-42-63-61(44-47)60-29-16-17-30-62(60)69(63)56-38-34-53(35-39-56)67-65(51-25-14-7-15-26-51)64(50-23-12-6-13-24-50)66(70-67)52-32-36-55(37-33-52)68(57-28-18-27-54(45-57)48-19-8-4-9-20-48)58-40-41-59(46(2)43-58)49-21-10-5-11-22-49/h5-8,10-45H,3-4,9H2,1-2H3. The van der Waals surface area contributed by atoms with Crippen LogP contribution >= 0.6 is 11.3 Å². The molecule has 0 atom stereocenters. The summed E-state index contributed by atoms with van der Waals surface area (Å²) < 4.78 is 2.42. The molecule has 2 aromatic heterocycles. The van der Waals surface area contributed by atoms with Crippen LogP contribution in [0.25, 0.3) is 87.3 Å². The van der Waals surface area contributed by atoms with Crippen molar-refractivity contribution in [3.63, 3.8) is 0 Å². The zero-order chi connectivity index (χ0) is 47.0. The molecule has 0 spiro atoms. The van der Waals surface area contributed by atoms with Gasteiger partial charge < -0.3 is 9.47 Å². The van der Waals surface area contributed by atoms with Gasteiger partial charge in [-0.25, -0.2) is 0 Å². The number of para-hydroxylation sites is 1. The summed E-state index contributed by atoms with van der Waals surface area (Å²) in [5.74, 6) is 0. The van der Waals surface area contributed by atoms with E-state index in [-0.39, 0.29) is 0 Å². The maximum Gasteiger partial charge on any atom is 0.0541 e. The molecule has 1 aliphatic carbocycles. The molecule has 0 saturated carbocycles. The first-order chi connectivity index (χ1) is 34.6. The van der Waals surface area contributed by atoms with Gasteiger partial charge in [0.25, 0.3) is 0 Å². The van der Waals surface area contributed by atoms with E-state index in [2.05, 4.69) is 266 Å². The second kappa shape index (κ2) is 18.7. The highest BCUT2D eigenvalue weighted by molar-refractivity contribution is 7.20. The van der Waals surface area contributed by atoms with Crippen molar-refractivity contribution >= 4 is 55.8 Å². The molecule has 9 aromatic carbocycles. The fourth-order valence-electron chi connectivity index (χ4n) is 10.5. The predicted molar refractivity (Wildman–Crippen MR) is 301 cm³/mol. The Morgan fingerprint density at radius 2 is 1.04 bits per heavy atom. The van der Waals surface area contributed by atoms with Gasteiger partial charge in [0.05, 0.1) is 11.0 Å². The number of aromatic nitrogens is 1. The number of rotatable bonds is 11.